The van der Waals surface area contributed by atoms with Gasteiger partial charge < -0.3 is 5.32 Å². The first-order valence-corrected chi connectivity index (χ1v) is 11.9. The van der Waals surface area contributed by atoms with Gasteiger partial charge in [0.1, 0.15) is 0 Å². The summed E-state index contributed by atoms with van der Waals surface area (Å²) >= 11 is 0. The Hall–Kier alpha value is -2.72. The molecule has 1 atom stereocenters. The largest absolute Gasteiger partial charge is 0.401 e. The first-order valence-electron chi connectivity index (χ1n) is 11.9. The van der Waals surface area contributed by atoms with E-state index in [1.54, 1.807) is 12.4 Å². The normalized spacial score (nSPS) is 21.1. The Balaban J connectivity index is 1.44. The molecule has 0 radical (unpaired) electrons. The Morgan fingerprint density at radius 2 is 1.94 bits per heavy atom. The summed E-state index contributed by atoms with van der Waals surface area (Å²) in [6.07, 6.45) is 0.125. The minimum Gasteiger partial charge on any atom is -0.378 e. The van der Waals surface area contributed by atoms with E-state index in [2.05, 4.69) is 25.4 Å². The molecule has 0 bridgehead atoms. The van der Waals surface area contributed by atoms with E-state index in [0.29, 0.717) is 18.5 Å². The van der Waals surface area contributed by atoms with Crippen LogP contribution in [0.2, 0.25) is 0 Å². The van der Waals surface area contributed by atoms with Crippen LogP contribution in [0.3, 0.4) is 0 Å². The number of aromatic amines is 1. The van der Waals surface area contributed by atoms with Crippen molar-refractivity contribution in [2.45, 2.75) is 50.5 Å². The van der Waals surface area contributed by atoms with Crippen LogP contribution in [0.1, 0.15) is 43.1 Å². The first kappa shape index (κ1) is 24.0. The van der Waals surface area contributed by atoms with Crippen LogP contribution in [-0.4, -0.2) is 75.6 Å². The number of anilines is 1. The van der Waals surface area contributed by atoms with Gasteiger partial charge in [-0.25, -0.2) is 0 Å². The van der Waals surface area contributed by atoms with Gasteiger partial charge in [0.2, 0.25) is 0 Å². The van der Waals surface area contributed by atoms with Crippen molar-refractivity contribution in [2.75, 3.05) is 38.2 Å². The minimum absolute atomic E-state index is 0.257. The summed E-state index contributed by atoms with van der Waals surface area (Å²) in [5.74, 6) is 0. The van der Waals surface area contributed by atoms with E-state index < -0.39 is 24.3 Å². The number of H-pyrrole nitrogens is 1. The van der Waals surface area contributed by atoms with Gasteiger partial charge in [0.05, 0.1) is 54.6 Å². The molecule has 3 aromatic rings. The molecule has 2 aliphatic rings. The maximum absolute atomic E-state index is 13.7. The third-order valence-electron chi connectivity index (χ3n) is 7.12. The van der Waals surface area contributed by atoms with Crippen LogP contribution in [0.25, 0.3) is 10.9 Å². The average molecular weight is 491 g/mol. The monoisotopic (exact) mass is 490 g/mol. The van der Waals surface area contributed by atoms with Crippen LogP contribution in [0, 0.1) is 0 Å². The molecule has 2 aliphatic heterocycles. The fraction of sp³-hybridized carbons (Fsp3) is 0.520. The topological polar surface area (TPSA) is 60.1 Å². The number of benzene rings is 1. The summed E-state index contributed by atoms with van der Waals surface area (Å²) in [7, 11) is 0. The average Bonchev–Trinajstić information content (AvgIpc) is 3.25. The van der Waals surface area contributed by atoms with Crippen LogP contribution in [-0.2, 0) is 6.42 Å². The Labute approximate surface area is 201 Å². The highest BCUT2D eigenvalue weighted by Crippen LogP contribution is 2.45. The molecule has 1 fully saturated rings. The number of nitrogens with one attached hydrogen (secondary N) is 2. The second-order valence-electron chi connectivity index (χ2n) is 10.2. The summed E-state index contributed by atoms with van der Waals surface area (Å²) in [5, 5.41) is 11.5. The van der Waals surface area contributed by atoms with Gasteiger partial charge in [-0.1, -0.05) is 6.07 Å². The van der Waals surface area contributed by atoms with E-state index in [4.69, 9.17) is 0 Å². The van der Waals surface area contributed by atoms with Crippen molar-refractivity contribution in [3.05, 3.63) is 53.5 Å². The SMILES string of the molecule is CC1(C)Cc2c(ccc3[nH]ncc23)[C@@H](c2ccc(NC3CN(CCCF)C3)cn2)N1CC(F)(F)F. The van der Waals surface area contributed by atoms with Crippen molar-refractivity contribution in [2.24, 2.45) is 0 Å². The zero-order valence-corrected chi connectivity index (χ0v) is 19.9. The Bertz CT molecular complexity index is 1170. The summed E-state index contributed by atoms with van der Waals surface area (Å²) in [4.78, 5) is 8.34. The molecule has 35 heavy (non-hydrogen) atoms. The van der Waals surface area contributed by atoms with Crippen molar-refractivity contribution < 1.29 is 17.6 Å². The molecule has 1 aromatic carbocycles. The van der Waals surface area contributed by atoms with E-state index in [1.807, 2.05) is 38.1 Å². The predicted molar refractivity (Wildman–Crippen MR) is 127 cm³/mol. The van der Waals surface area contributed by atoms with Crippen molar-refractivity contribution >= 4 is 16.6 Å². The molecule has 0 spiro atoms. The number of pyridine rings is 1. The third kappa shape index (κ3) is 4.86. The van der Waals surface area contributed by atoms with Gasteiger partial charge in [0, 0.05) is 30.6 Å². The molecular formula is C25H30F4N6. The number of aromatic nitrogens is 3. The molecule has 1 saturated heterocycles. The number of hydrogen-bond acceptors (Lipinski definition) is 5. The predicted octanol–water partition coefficient (Wildman–Crippen LogP) is 4.70. The maximum atomic E-state index is 13.7. The lowest BCUT2D eigenvalue weighted by molar-refractivity contribution is -0.164. The van der Waals surface area contributed by atoms with Crippen molar-refractivity contribution in [1.29, 1.82) is 0 Å². The number of likely N-dealkylation sites (tertiary alicyclic amines) is 1. The Kier molecular flexibility index (Phi) is 6.21. The molecule has 0 saturated carbocycles. The van der Waals surface area contributed by atoms with Crippen LogP contribution in [0.5, 0.6) is 0 Å². The summed E-state index contributed by atoms with van der Waals surface area (Å²) < 4.78 is 53.5. The van der Waals surface area contributed by atoms with Crippen molar-refractivity contribution in [3.63, 3.8) is 0 Å². The van der Waals surface area contributed by atoms with E-state index in [1.165, 1.54) is 4.90 Å². The maximum Gasteiger partial charge on any atom is 0.401 e. The molecule has 10 heteroatoms. The van der Waals surface area contributed by atoms with Gasteiger partial charge in [-0.15, -0.1) is 0 Å². The van der Waals surface area contributed by atoms with Crippen molar-refractivity contribution in [1.82, 2.24) is 25.0 Å². The lowest BCUT2D eigenvalue weighted by Crippen LogP contribution is -2.55. The van der Waals surface area contributed by atoms with Gasteiger partial charge in [0.25, 0.3) is 0 Å². The molecule has 2 aromatic heterocycles. The summed E-state index contributed by atoms with van der Waals surface area (Å²) in [6.45, 7) is 4.81. The van der Waals surface area contributed by atoms with Gasteiger partial charge in [-0.05, 0) is 56.0 Å². The standard InChI is InChI=1S/C25H30F4N6/c1-24(2)10-19-18(5-7-21-20(19)12-31-33-21)23(35(24)15-25(27,28)29)22-6-4-16(11-30-22)32-17-13-34(14-17)9-3-8-26/h4-7,11-12,17,23,32H,3,8-10,13-15H2,1-2H3,(H,31,33)/t23-/m0/s1. The highest BCUT2D eigenvalue weighted by Gasteiger charge is 2.46. The van der Waals surface area contributed by atoms with Crippen molar-refractivity contribution in [3.8, 4) is 0 Å². The Morgan fingerprint density at radius 1 is 1.14 bits per heavy atom. The number of rotatable bonds is 7. The molecule has 6 nitrogen and oxygen atoms in total. The number of hydrogen-bond donors (Lipinski definition) is 2. The van der Waals surface area contributed by atoms with E-state index in [-0.39, 0.29) is 12.7 Å². The number of fused-ring (bicyclic) bond motifs is 3. The molecule has 4 heterocycles. The van der Waals surface area contributed by atoms with Crippen LogP contribution >= 0.6 is 0 Å². The van der Waals surface area contributed by atoms with E-state index >= 15 is 0 Å². The second kappa shape index (κ2) is 9.05. The minimum atomic E-state index is -4.34. The molecule has 0 amide bonds. The molecule has 2 N–H and O–H groups in total. The molecule has 188 valence electrons. The van der Waals surface area contributed by atoms with Gasteiger partial charge in [-0.2, -0.15) is 18.3 Å². The van der Waals surface area contributed by atoms with Gasteiger partial charge >= 0.3 is 6.18 Å². The van der Waals surface area contributed by atoms with E-state index in [9.17, 15) is 17.6 Å². The highest BCUT2D eigenvalue weighted by molar-refractivity contribution is 5.83. The zero-order chi connectivity index (χ0) is 24.8. The first-order chi connectivity index (χ1) is 16.6. The summed E-state index contributed by atoms with van der Waals surface area (Å²) in [5.41, 5.74) is 3.37. The number of halogens is 4. The van der Waals surface area contributed by atoms with Gasteiger partial charge in [-0.3, -0.25) is 24.3 Å². The van der Waals surface area contributed by atoms with E-state index in [0.717, 1.165) is 47.4 Å². The highest BCUT2D eigenvalue weighted by atomic mass is 19.4. The fourth-order valence-electron chi connectivity index (χ4n) is 5.43. The molecule has 0 aliphatic carbocycles. The quantitative estimate of drug-likeness (QED) is 0.470. The fourth-order valence-corrected chi connectivity index (χ4v) is 5.43. The van der Waals surface area contributed by atoms with Gasteiger partial charge in [0.15, 0.2) is 0 Å². The zero-order valence-electron chi connectivity index (χ0n) is 19.9. The van der Waals surface area contributed by atoms with Crippen LogP contribution in [0.4, 0.5) is 23.2 Å². The number of alkyl halides is 4. The van der Waals surface area contributed by atoms with Crippen LogP contribution in [0.15, 0.2) is 36.7 Å². The number of nitrogens with zero attached hydrogens (tertiary/aromatic N) is 4. The second-order valence-corrected chi connectivity index (χ2v) is 10.2. The lowest BCUT2D eigenvalue weighted by Gasteiger charge is -2.48. The Morgan fingerprint density at radius 3 is 2.63 bits per heavy atom. The molecule has 0 unspecified atom stereocenters. The lowest BCUT2D eigenvalue weighted by atomic mass is 9.79. The smallest absolute Gasteiger partial charge is 0.378 e. The third-order valence-corrected chi connectivity index (χ3v) is 7.12. The molecule has 5 rings (SSSR count). The van der Waals surface area contributed by atoms with Crippen LogP contribution < -0.4 is 5.32 Å². The summed E-state index contributed by atoms with van der Waals surface area (Å²) in [6, 6.07) is 7.10. The molecular weight excluding hydrogens is 460 g/mol.